The van der Waals surface area contributed by atoms with Crippen LogP contribution < -0.4 is 20.2 Å². The van der Waals surface area contributed by atoms with E-state index in [-0.39, 0.29) is 35.3 Å². The molecule has 0 bridgehead atoms. The van der Waals surface area contributed by atoms with Crippen LogP contribution in [0.15, 0.2) is 39.7 Å². The smallest absolute Gasteiger partial charge is 0.410 e. The molecule has 4 aromatic heterocycles. The van der Waals surface area contributed by atoms with Crippen LogP contribution in [-0.2, 0) is 11.3 Å². The summed E-state index contributed by atoms with van der Waals surface area (Å²) >= 11 is 1.01. The summed E-state index contributed by atoms with van der Waals surface area (Å²) in [5, 5.41) is 4.38. The maximum absolute atomic E-state index is 15.0. The van der Waals surface area contributed by atoms with E-state index in [1.807, 2.05) is 0 Å². The molecule has 0 radical (unpaired) electrons. The lowest BCUT2D eigenvalue weighted by Crippen LogP contribution is -2.47. The Morgan fingerprint density at radius 2 is 1.86 bits per heavy atom. The van der Waals surface area contributed by atoms with E-state index in [1.54, 1.807) is 42.4 Å². The predicted molar refractivity (Wildman–Crippen MR) is 175 cm³/mol. The molecule has 18 heteroatoms. The van der Waals surface area contributed by atoms with Gasteiger partial charge in [-0.15, -0.1) is 5.10 Å². The number of alkyl halides is 1. The number of benzene rings is 1. The molecule has 6 heterocycles. The topological polar surface area (TPSA) is 149 Å². The molecule has 0 aliphatic carbocycles. The molecule has 1 amide bonds. The van der Waals surface area contributed by atoms with Gasteiger partial charge in [0.25, 0.3) is 0 Å². The third kappa shape index (κ3) is 6.49. The Hall–Kier alpha value is -4.84. The van der Waals surface area contributed by atoms with E-state index in [1.165, 1.54) is 21.7 Å². The van der Waals surface area contributed by atoms with Gasteiger partial charge in [0.15, 0.2) is 34.8 Å². The zero-order chi connectivity index (χ0) is 34.6. The van der Waals surface area contributed by atoms with Crippen molar-refractivity contribution in [3.63, 3.8) is 0 Å². The average Bonchev–Trinajstić information content (AvgIpc) is 3.84. The Balaban J connectivity index is 0.998. The normalized spacial score (nSPS) is 19.0. The summed E-state index contributed by atoms with van der Waals surface area (Å²) < 4.78 is 64.5. The van der Waals surface area contributed by atoms with Crippen molar-refractivity contribution in [1.29, 1.82) is 0 Å². The van der Waals surface area contributed by atoms with Crippen LogP contribution in [0.4, 0.5) is 29.6 Å². The first kappa shape index (κ1) is 32.7. The lowest BCUT2D eigenvalue weighted by molar-refractivity contribution is 0.0273. The number of carbonyl (C=O) groups is 1. The number of hydrogen-bond acceptors (Lipinski definition) is 12. The minimum absolute atomic E-state index is 0.0768. The van der Waals surface area contributed by atoms with Gasteiger partial charge in [-0.3, -0.25) is 14.3 Å². The number of amides is 1. The standard InChI is InChI=1S/C31H34F3N9O5S/c1-31(2,3)48-29(44)41-15-19(34)23(16-41)47-22-14-20(17(32)13-18(22)33)40-9-6-39(7-10-40)8-11-42-26-24(49-30(42)45)27-36-25(21-5-4-12-46-21)38-43(27)28(35)37-26/h4-5,12-14,19,23H,6-11,15-16H2,1-3H3,(H2,35,37)/t19-,23-/m1/s1. The number of ether oxygens (including phenoxy) is 2. The zero-order valence-corrected chi connectivity index (χ0v) is 27.8. The Morgan fingerprint density at radius 3 is 2.57 bits per heavy atom. The summed E-state index contributed by atoms with van der Waals surface area (Å²) in [7, 11) is 0. The molecule has 2 saturated heterocycles. The number of halogens is 3. The highest BCUT2D eigenvalue weighted by Crippen LogP contribution is 2.32. The number of fused-ring (bicyclic) bond motifs is 3. The number of thiazole rings is 1. The molecule has 2 aliphatic rings. The third-order valence-corrected chi connectivity index (χ3v) is 9.30. The van der Waals surface area contributed by atoms with E-state index in [4.69, 9.17) is 19.6 Å². The lowest BCUT2D eigenvalue weighted by Gasteiger charge is -2.36. The molecule has 2 fully saturated rings. The van der Waals surface area contributed by atoms with Gasteiger partial charge in [-0.05, 0) is 32.9 Å². The van der Waals surface area contributed by atoms with Gasteiger partial charge in [-0.1, -0.05) is 11.3 Å². The van der Waals surface area contributed by atoms with Gasteiger partial charge < -0.3 is 29.4 Å². The number of furan rings is 1. The molecule has 2 N–H and O–H groups in total. The molecule has 0 spiro atoms. The quantitative estimate of drug-likeness (QED) is 0.264. The molecule has 260 valence electrons. The molecular weight excluding hydrogens is 667 g/mol. The summed E-state index contributed by atoms with van der Waals surface area (Å²) in [6, 6.07) is 5.40. The summed E-state index contributed by atoms with van der Waals surface area (Å²) in [5.41, 5.74) is 6.37. The second-order valence-corrected chi connectivity index (χ2v) is 13.9. The number of aromatic nitrogens is 5. The molecule has 1 aromatic carbocycles. The van der Waals surface area contributed by atoms with Crippen LogP contribution in [-0.4, -0.2) is 104 Å². The SMILES string of the molecule is CC(C)(C)OC(=O)N1C[C@@H](F)[C@H](Oc2cc(N3CCN(CCn4c(=O)sc5c4nc(N)n4nc(-c6ccco6)nc54)CC3)c(F)cc2F)C1. The van der Waals surface area contributed by atoms with Crippen LogP contribution in [0.25, 0.3) is 27.6 Å². The Morgan fingerprint density at radius 1 is 1.08 bits per heavy atom. The van der Waals surface area contributed by atoms with E-state index >= 15 is 4.39 Å². The molecular formula is C31H34F3N9O5S. The highest BCUT2D eigenvalue weighted by atomic mass is 32.1. The number of nitrogens with zero attached hydrogens (tertiary/aromatic N) is 8. The third-order valence-electron chi connectivity index (χ3n) is 8.34. The van der Waals surface area contributed by atoms with Crippen molar-refractivity contribution in [2.45, 2.75) is 45.2 Å². The van der Waals surface area contributed by atoms with Gasteiger partial charge >= 0.3 is 11.0 Å². The van der Waals surface area contributed by atoms with Gasteiger partial charge in [0.05, 0.1) is 25.0 Å². The fourth-order valence-corrected chi connectivity index (χ4v) is 6.86. The molecule has 0 saturated carbocycles. The van der Waals surface area contributed by atoms with Crippen LogP contribution in [0.1, 0.15) is 20.8 Å². The second kappa shape index (κ2) is 12.6. The molecule has 2 aliphatic heterocycles. The predicted octanol–water partition coefficient (Wildman–Crippen LogP) is 3.78. The number of likely N-dealkylation sites (tertiary alicyclic amines) is 1. The number of carbonyl (C=O) groups excluding carboxylic acids is 1. The number of piperazine rings is 1. The van der Waals surface area contributed by atoms with Crippen molar-refractivity contribution in [2.75, 3.05) is 56.4 Å². The summed E-state index contributed by atoms with van der Waals surface area (Å²) in [4.78, 5) is 39.3. The van der Waals surface area contributed by atoms with Crippen LogP contribution >= 0.6 is 11.3 Å². The first-order chi connectivity index (χ1) is 23.3. The molecule has 49 heavy (non-hydrogen) atoms. The van der Waals surface area contributed by atoms with Gasteiger partial charge in [0, 0.05) is 51.4 Å². The van der Waals surface area contributed by atoms with E-state index in [2.05, 4.69) is 20.0 Å². The second-order valence-electron chi connectivity index (χ2n) is 12.9. The van der Waals surface area contributed by atoms with Gasteiger partial charge in [0.1, 0.15) is 22.2 Å². The summed E-state index contributed by atoms with van der Waals surface area (Å²) in [6.07, 6.45) is -1.90. The summed E-state index contributed by atoms with van der Waals surface area (Å²) in [6.45, 7) is 7.41. The van der Waals surface area contributed by atoms with E-state index in [0.717, 1.165) is 17.4 Å². The van der Waals surface area contributed by atoms with Crippen molar-refractivity contribution in [3.8, 4) is 17.3 Å². The molecule has 7 rings (SSSR count). The number of anilines is 2. The van der Waals surface area contributed by atoms with Gasteiger partial charge in [-0.25, -0.2) is 22.9 Å². The molecule has 5 aromatic rings. The zero-order valence-electron chi connectivity index (χ0n) is 26.9. The molecule has 0 unspecified atom stereocenters. The first-order valence-corrected chi connectivity index (χ1v) is 16.5. The van der Waals surface area contributed by atoms with Crippen LogP contribution in [0.5, 0.6) is 5.75 Å². The summed E-state index contributed by atoms with van der Waals surface area (Å²) in [5.74, 6) is -1.18. The maximum Gasteiger partial charge on any atom is 0.410 e. The van der Waals surface area contributed by atoms with Gasteiger partial charge in [-0.2, -0.15) is 9.50 Å². The van der Waals surface area contributed by atoms with Crippen molar-refractivity contribution in [3.05, 3.63) is 51.8 Å². The Labute approximate surface area is 281 Å². The van der Waals surface area contributed by atoms with Crippen LogP contribution in [0, 0.1) is 11.6 Å². The highest BCUT2D eigenvalue weighted by Gasteiger charge is 2.39. The van der Waals surface area contributed by atoms with E-state index in [0.29, 0.717) is 66.8 Å². The minimum atomic E-state index is -1.58. The Kier molecular flexibility index (Phi) is 8.38. The van der Waals surface area contributed by atoms with Crippen molar-refractivity contribution < 1.29 is 31.9 Å². The van der Waals surface area contributed by atoms with E-state index < -0.39 is 35.6 Å². The number of nitrogen functional groups attached to an aromatic ring is 1. The number of hydrogen-bond donors (Lipinski definition) is 1. The largest absolute Gasteiger partial charge is 0.482 e. The highest BCUT2D eigenvalue weighted by molar-refractivity contribution is 7.17. The minimum Gasteiger partial charge on any atom is -0.482 e. The van der Waals surface area contributed by atoms with Crippen molar-refractivity contribution in [2.24, 2.45) is 0 Å². The average molecular weight is 702 g/mol. The monoisotopic (exact) mass is 701 g/mol. The van der Waals surface area contributed by atoms with E-state index in [9.17, 15) is 18.4 Å². The van der Waals surface area contributed by atoms with Gasteiger partial charge in [0.2, 0.25) is 11.8 Å². The first-order valence-electron chi connectivity index (χ1n) is 15.7. The molecule has 14 nitrogen and oxygen atoms in total. The fourth-order valence-electron chi connectivity index (χ4n) is 5.92. The maximum atomic E-state index is 15.0. The Bertz CT molecular complexity index is 2070. The molecule has 2 atom stereocenters. The van der Waals surface area contributed by atoms with Crippen LogP contribution in [0.2, 0.25) is 0 Å². The van der Waals surface area contributed by atoms with Crippen molar-refractivity contribution in [1.82, 2.24) is 33.9 Å². The van der Waals surface area contributed by atoms with Crippen molar-refractivity contribution >= 4 is 45.1 Å². The van der Waals surface area contributed by atoms with Crippen LogP contribution in [0.3, 0.4) is 0 Å². The fraction of sp³-hybridized carbons (Fsp3) is 0.452. The number of nitrogens with two attached hydrogens (primary N) is 1. The number of rotatable bonds is 7. The lowest BCUT2D eigenvalue weighted by atomic mass is 10.2.